The Morgan fingerprint density at radius 1 is 0.193 bits per heavy atom. The molecule has 0 atom stereocenters. The van der Waals surface area contributed by atoms with Crippen molar-refractivity contribution in [2.45, 2.75) is 0 Å². The largest absolute Gasteiger partial charge is 0.456 e. The molecule has 8 nitrogen and oxygen atoms in total. The maximum absolute atomic E-state index is 6.69. The Balaban J connectivity index is 0.000000101. The monoisotopic (exact) mass is 1740 g/mol. The summed E-state index contributed by atoms with van der Waals surface area (Å²) in [6.45, 7) is 0. The van der Waals surface area contributed by atoms with Gasteiger partial charge in [0, 0.05) is 154 Å². The molecule has 0 fully saturated rings. The fourth-order valence-electron chi connectivity index (χ4n) is 21.5. The van der Waals surface area contributed by atoms with E-state index in [-0.39, 0.29) is 0 Å². The van der Waals surface area contributed by atoms with Crippen LogP contribution in [0.1, 0.15) is 0 Å². The molecule has 0 spiro atoms. The standard InChI is InChI=1S/C46H30N2O.C40H23NO2.C40H23NOS/c1-4-12-34(13-5-1)47-27-26-32-28-42-33(30-43(32)47)29-41(39-24-25-40-38-18-10-11-19-44(38)49-46(40)45(39)42)31-20-22-37(23-21-31)48(35-14-6-2-7-15-35)36-16-8-3-9-17-36;1-2-8-27(9-3-1)41-19-18-25-21-33-26(23-35(25)41)22-32(24-14-17-38-34(20-24)29-11-5-6-12-36(29)42-38)30-15-16-31-28-10-4-7-13-37(28)43-40(31)39(30)33;1-2-9-26(10-3-1)41-20-19-24-21-33-25(23-35(24)41)22-34(32-14-8-13-31-28-12-5-7-16-37(28)43-40(31)32)29-17-18-30-27-11-4-6-15-36(27)42-39(30)38(29)33/h1-30H;2*1-23H. The summed E-state index contributed by atoms with van der Waals surface area (Å²) >= 11 is 1.88. The maximum atomic E-state index is 6.69. The fraction of sp³-hybridized carbons (Fsp3) is 0. The van der Waals surface area contributed by atoms with Crippen molar-refractivity contribution in [3.63, 3.8) is 0 Å². The summed E-state index contributed by atoms with van der Waals surface area (Å²) in [6, 6.07) is 158. The van der Waals surface area contributed by atoms with Crippen LogP contribution in [-0.2, 0) is 0 Å². The van der Waals surface area contributed by atoms with Gasteiger partial charge in [0.05, 0.1) is 16.6 Å². The van der Waals surface area contributed by atoms with Crippen molar-refractivity contribution in [3.8, 4) is 50.4 Å². The number of furan rings is 4. The molecule has 0 radical (unpaired) electrons. The number of rotatable bonds is 9. The predicted octanol–water partition coefficient (Wildman–Crippen LogP) is 36.2. The van der Waals surface area contributed by atoms with Gasteiger partial charge in [-0.05, 0) is 283 Å². The Labute approximate surface area is 776 Å². The molecule has 0 amide bonds. The first-order valence-corrected chi connectivity index (χ1v) is 46.7. The molecule has 30 rings (SSSR count). The molecule has 8 aromatic heterocycles. The van der Waals surface area contributed by atoms with E-state index in [2.05, 4.69) is 456 Å². The molecule has 8 heterocycles. The first-order valence-electron chi connectivity index (χ1n) is 45.9. The Hall–Kier alpha value is -17.8. The molecule has 0 bridgehead atoms. The van der Waals surface area contributed by atoms with E-state index in [1.807, 2.05) is 35.6 Å². The molecule has 0 unspecified atom stereocenters. The summed E-state index contributed by atoms with van der Waals surface area (Å²) in [5, 5.41) is 29.6. The Kier molecular flexibility index (Phi) is 17.2. The molecular formula is C126H76N4O4S. The molecule has 30 aromatic rings. The second-order valence-electron chi connectivity index (χ2n) is 35.3. The molecule has 0 aliphatic rings. The SMILES string of the molecule is c1ccc(-n2ccc3cc4c(cc(-c5ccc6oc7ccccc7c6c5)c5ccc6c7ccccc7oc6c54)cc32)cc1.c1ccc(-n2ccc3cc4c(cc(-c5cccc6c5sc5ccccc56)c5ccc6c7ccccc7oc6c54)cc32)cc1.c1ccc(N(c2ccccc2)c2ccc(-c3cc4cc5c(ccn5-c5ccccc5)cc4c4c3ccc3c5ccccc5oc34)cc2)cc1. The highest BCUT2D eigenvalue weighted by Crippen LogP contribution is 2.51. The van der Waals surface area contributed by atoms with Gasteiger partial charge in [0.2, 0.25) is 0 Å². The van der Waals surface area contributed by atoms with E-state index in [0.717, 1.165) is 144 Å². The van der Waals surface area contributed by atoms with E-state index < -0.39 is 0 Å². The average molecular weight is 1740 g/mol. The second kappa shape index (κ2) is 30.4. The van der Waals surface area contributed by atoms with Crippen molar-refractivity contribution in [1.82, 2.24) is 13.7 Å². The third kappa shape index (κ3) is 12.2. The highest BCUT2D eigenvalue weighted by atomic mass is 32.1. The van der Waals surface area contributed by atoms with Crippen LogP contribution >= 0.6 is 11.3 Å². The minimum Gasteiger partial charge on any atom is -0.456 e. The van der Waals surface area contributed by atoms with Crippen LogP contribution in [0.5, 0.6) is 0 Å². The van der Waals surface area contributed by atoms with E-state index in [1.165, 1.54) is 129 Å². The lowest BCUT2D eigenvalue weighted by atomic mass is 9.91. The highest BCUT2D eigenvalue weighted by Gasteiger charge is 2.26. The topological polar surface area (TPSA) is 70.6 Å². The van der Waals surface area contributed by atoms with Gasteiger partial charge in [0.25, 0.3) is 0 Å². The number of benzene rings is 22. The summed E-state index contributed by atoms with van der Waals surface area (Å²) in [7, 11) is 0. The zero-order valence-electron chi connectivity index (χ0n) is 72.7. The Morgan fingerprint density at radius 2 is 0.533 bits per heavy atom. The number of hydrogen-bond acceptors (Lipinski definition) is 6. The van der Waals surface area contributed by atoms with Gasteiger partial charge in [0.1, 0.15) is 44.7 Å². The zero-order chi connectivity index (χ0) is 88.5. The molecule has 9 heteroatoms. The third-order valence-electron chi connectivity index (χ3n) is 27.8. The van der Waals surface area contributed by atoms with E-state index in [1.54, 1.807) is 0 Å². The molecule has 0 saturated heterocycles. The summed E-state index contributed by atoms with van der Waals surface area (Å²) in [4.78, 5) is 2.30. The molecule has 630 valence electrons. The number of fused-ring (bicyclic) bond motifs is 30. The van der Waals surface area contributed by atoms with E-state index in [0.29, 0.717) is 0 Å². The number of aromatic nitrogens is 3. The number of hydrogen-bond donors (Lipinski definition) is 0. The van der Waals surface area contributed by atoms with Crippen molar-refractivity contribution in [2.75, 3.05) is 4.90 Å². The van der Waals surface area contributed by atoms with Crippen molar-refractivity contribution in [1.29, 1.82) is 0 Å². The van der Waals surface area contributed by atoms with Gasteiger partial charge in [-0.1, -0.05) is 237 Å². The molecule has 0 saturated carbocycles. The minimum atomic E-state index is 0.900. The summed E-state index contributed by atoms with van der Waals surface area (Å²) in [6.07, 6.45) is 6.51. The summed E-state index contributed by atoms with van der Waals surface area (Å²) in [5.74, 6) is 0. The molecule has 0 aliphatic heterocycles. The van der Waals surface area contributed by atoms with Gasteiger partial charge >= 0.3 is 0 Å². The Morgan fingerprint density at radius 3 is 0.985 bits per heavy atom. The maximum Gasteiger partial charge on any atom is 0.143 e. The lowest BCUT2D eigenvalue weighted by Crippen LogP contribution is -2.09. The van der Waals surface area contributed by atoms with Crippen LogP contribution in [0.3, 0.4) is 0 Å². The van der Waals surface area contributed by atoms with Crippen LogP contribution in [0.15, 0.2) is 479 Å². The van der Waals surface area contributed by atoms with Crippen molar-refractivity contribution in [3.05, 3.63) is 461 Å². The number of para-hydroxylation sites is 9. The first kappa shape index (κ1) is 76.1. The fourth-order valence-corrected chi connectivity index (χ4v) is 22.8. The van der Waals surface area contributed by atoms with Crippen LogP contribution in [0.25, 0.3) is 256 Å². The molecule has 0 N–H and O–H groups in total. The van der Waals surface area contributed by atoms with Crippen LogP contribution in [-0.4, -0.2) is 13.7 Å². The average Bonchev–Trinajstić information content (AvgIpc) is 1.63. The van der Waals surface area contributed by atoms with Gasteiger partial charge in [-0.2, -0.15) is 0 Å². The van der Waals surface area contributed by atoms with E-state index in [9.17, 15) is 0 Å². The zero-order valence-corrected chi connectivity index (χ0v) is 73.5. The van der Waals surface area contributed by atoms with Crippen LogP contribution in [0.2, 0.25) is 0 Å². The minimum absolute atomic E-state index is 0.900. The number of anilines is 3. The lowest BCUT2D eigenvalue weighted by molar-refractivity contribution is 0.669. The van der Waals surface area contributed by atoms with Gasteiger partial charge in [0.15, 0.2) is 0 Å². The molecule has 135 heavy (non-hydrogen) atoms. The van der Waals surface area contributed by atoms with Gasteiger partial charge in [-0.15, -0.1) is 11.3 Å². The first-order chi connectivity index (χ1) is 66.9. The van der Waals surface area contributed by atoms with Crippen molar-refractivity contribution < 1.29 is 17.7 Å². The van der Waals surface area contributed by atoms with Crippen LogP contribution in [0, 0.1) is 0 Å². The van der Waals surface area contributed by atoms with Crippen molar-refractivity contribution in [2.24, 2.45) is 0 Å². The normalized spacial score (nSPS) is 12.0. The number of nitrogens with zero attached hydrogens (tertiary/aromatic N) is 4. The highest BCUT2D eigenvalue weighted by molar-refractivity contribution is 7.26. The summed E-state index contributed by atoms with van der Waals surface area (Å²) in [5.41, 5.74) is 24.9. The van der Waals surface area contributed by atoms with Gasteiger partial charge in [-0.3, -0.25) is 0 Å². The molecule has 22 aromatic carbocycles. The van der Waals surface area contributed by atoms with E-state index >= 15 is 0 Å². The van der Waals surface area contributed by atoms with Crippen LogP contribution in [0.4, 0.5) is 17.1 Å². The van der Waals surface area contributed by atoms with Gasteiger partial charge < -0.3 is 36.3 Å². The lowest BCUT2D eigenvalue weighted by Gasteiger charge is -2.25. The number of thiophene rings is 1. The van der Waals surface area contributed by atoms with Gasteiger partial charge in [-0.25, -0.2) is 0 Å². The quantitative estimate of drug-likeness (QED) is 0.135. The van der Waals surface area contributed by atoms with Crippen LogP contribution < -0.4 is 4.90 Å². The van der Waals surface area contributed by atoms with Crippen molar-refractivity contribution >= 4 is 234 Å². The predicted molar refractivity (Wildman–Crippen MR) is 568 cm³/mol. The third-order valence-corrected chi connectivity index (χ3v) is 29.0. The molecule has 0 aliphatic carbocycles. The summed E-state index contributed by atoms with van der Waals surface area (Å²) < 4.78 is 35.7. The molecular weight excluding hydrogens is 1670 g/mol. The smallest absolute Gasteiger partial charge is 0.143 e. The second-order valence-corrected chi connectivity index (χ2v) is 36.3. The Bertz CT molecular complexity index is 10000. The van der Waals surface area contributed by atoms with E-state index in [4.69, 9.17) is 17.7 Å².